The molecule has 194 valence electrons. The summed E-state index contributed by atoms with van der Waals surface area (Å²) >= 11 is 0. The van der Waals surface area contributed by atoms with Crippen LogP contribution in [0.2, 0.25) is 0 Å². The van der Waals surface area contributed by atoms with Gasteiger partial charge in [-0.05, 0) is 61.7 Å². The molecule has 0 aliphatic heterocycles. The summed E-state index contributed by atoms with van der Waals surface area (Å²) < 4.78 is 0. The van der Waals surface area contributed by atoms with Crippen molar-refractivity contribution in [2.75, 3.05) is 0 Å². The van der Waals surface area contributed by atoms with Gasteiger partial charge >= 0.3 is 0 Å². The number of aliphatic hydroxyl groups excluding tert-OH is 1. The van der Waals surface area contributed by atoms with Crippen molar-refractivity contribution < 1.29 is 19.9 Å². The largest absolute Gasteiger partial charge is 0.391 e. The number of nitrogens with one attached hydrogen (secondary N) is 3. The standard InChI is InChI=1S/C28H35N3O4.CH4/c1-20(32)26(28(34)31-35)30-27(33)24-17-15-22(16-18-24)10-9-21-11-13-23(14-12-21)19-29-25-7-5-3-2-4-6-8-25;/h11-18,20,25-26,29,32,35H,2-8,19H2,1H3,(H,30,33)(H,31,34);1H4/t20-,26+;/m1./s1. The van der Waals surface area contributed by atoms with Gasteiger partial charge in [0.25, 0.3) is 11.8 Å². The average molecular weight is 494 g/mol. The first-order valence-corrected chi connectivity index (χ1v) is 12.3. The number of carbonyl (C=O) groups excluding carboxylic acids is 2. The Kier molecular flexibility index (Phi) is 12.1. The van der Waals surface area contributed by atoms with Crippen molar-refractivity contribution in [3.05, 3.63) is 70.8 Å². The number of amides is 2. The van der Waals surface area contributed by atoms with Gasteiger partial charge in [-0.15, -0.1) is 0 Å². The lowest BCUT2D eigenvalue weighted by Crippen LogP contribution is -2.51. The molecule has 7 heteroatoms. The predicted octanol–water partition coefficient (Wildman–Crippen LogP) is 3.91. The van der Waals surface area contributed by atoms with Gasteiger partial charge in [-0.1, -0.05) is 63.5 Å². The summed E-state index contributed by atoms with van der Waals surface area (Å²) in [5, 5.41) is 24.5. The number of carbonyl (C=O) groups is 2. The van der Waals surface area contributed by atoms with Gasteiger partial charge in [0.1, 0.15) is 6.04 Å². The van der Waals surface area contributed by atoms with E-state index in [1.54, 1.807) is 24.3 Å². The molecule has 1 aliphatic carbocycles. The Labute approximate surface area is 214 Å². The van der Waals surface area contributed by atoms with E-state index in [1.807, 2.05) is 12.1 Å². The molecule has 1 aliphatic rings. The fraction of sp³-hybridized carbons (Fsp3) is 0.448. The SMILES string of the molecule is C.C[C@@H](O)[C@H](NC(=O)c1ccc(C#Cc2ccc(CNC3CCCCCCC3)cc2)cc1)C(=O)NO. The fourth-order valence-electron chi connectivity index (χ4n) is 4.18. The maximum Gasteiger partial charge on any atom is 0.268 e. The maximum absolute atomic E-state index is 12.4. The van der Waals surface area contributed by atoms with E-state index in [0.717, 1.165) is 17.7 Å². The zero-order chi connectivity index (χ0) is 25.0. The molecule has 0 unspecified atom stereocenters. The van der Waals surface area contributed by atoms with Crippen LogP contribution in [0.4, 0.5) is 0 Å². The second kappa shape index (κ2) is 15.0. The second-order valence-corrected chi connectivity index (χ2v) is 9.12. The van der Waals surface area contributed by atoms with E-state index >= 15 is 0 Å². The summed E-state index contributed by atoms with van der Waals surface area (Å²) in [7, 11) is 0. The third kappa shape index (κ3) is 9.12. The number of hydrogen-bond acceptors (Lipinski definition) is 5. The van der Waals surface area contributed by atoms with E-state index in [2.05, 4.69) is 34.6 Å². The van der Waals surface area contributed by atoms with Crippen molar-refractivity contribution in [1.82, 2.24) is 16.1 Å². The molecule has 2 atom stereocenters. The van der Waals surface area contributed by atoms with Crippen LogP contribution in [0.3, 0.4) is 0 Å². The van der Waals surface area contributed by atoms with Crippen molar-refractivity contribution in [3.63, 3.8) is 0 Å². The number of benzene rings is 2. The first kappa shape index (κ1) is 29.1. The predicted molar refractivity (Wildman–Crippen MR) is 141 cm³/mol. The van der Waals surface area contributed by atoms with Gasteiger partial charge in [0.05, 0.1) is 6.10 Å². The molecule has 0 bridgehead atoms. The molecule has 1 saturated carbocycles. The Hall–Kier alpha value is -3.18. The van der Waals surface area contributed by atoms with Gasteiger partial charge in [0, 0.05) is 29.3 Å². The first-order valence-electron chi connectivity index (χ1n) is 12.3. The van der Waals surface area contributed by atoms with Crippen LogP contribution in [-0.4, -0.2) is 40.3 Å². The van der Waals surface area contributed by atoms with E-state index in [-0.39, 0.29) is 7.43 Å². The molecule has 36 heavy (non-hydrogen) atoms. The van der Waals surface area contributed by atoms with Gasteiger partial charge in [-0.3, -0.25) is 14.8 Å². The van der Waals surface area contributed by atoms with E-state index in [1.165, 1.54) is 62.9 Å². The summed E-state index contributed by atoms with van der Waals surface area (Å²) in [5.74, 6) is 4.81. The third-order valence-electron chi connectivity index (χ3n) is 6.31. The lowest BCUT2D eigenvalue weighted by molar-refractivity contribution is -0.133. The first-order chi connectivity index (χ1) is 17.0. The highest BCUT2D eigenvalue weighted by atomic mass is 16.5. The fourth-order valence-corrected chi connectivity index (χ4v) is 4.18. The summed E-state index contributed by atoms with van der Waals surface area (Å²) in [5.41, 5.74) is 4.66. The minimum atomic E-state index is -1.26. The summed E-state index contributed by atoms with van der Waals surface area (Å²) in [6.45, 7) is 2.22. The highest BCUT2D eigenvalue weighted by Gasteiger charge is 2.25. The highest BCUT2D eigenvalue weighted by molar-refractivity contribution is 5.97. The van der Waals surface area contributed by atoms with Gasteiger partial charge in [-0.2, -0.15) is 0 Å². The van der Waals surface area contributed by atoms with E-state index in [9.17, 15) is 14.7 Å². The lowest BCUT2D eigenvalue weighted by atomic mass is 9.96. The van der Waals surface area contributed by atoms with E-state index in [4.69, 9.17) is 5.21 Å². The van der Waals surface area contributed by atoms with Crippen LogP contribution in [0.15, 0.2) is 48.5 Å². The molecule has 2 aromatic carbocycles. The lowest BCUT2D eigenvalue weighted by Gasteiger charge is -2.21. The smallest absolute Gasteiger partial charge is 0.268 e. The highest BCUT2D eigenvalue weighted by Crippen LogP contribution is 2.17. The van der Waals surface area contributed by atoms with Crippen LogP contribution >= 0.6 is 0 Å². The Morgan fingerprint density at radius 3 is 1.97 bits per heavy atom. The minimum absolute atomic E-state index is 0. The van der Waals surface area contributed by atoms with Gasteiger partial charge < -0.3 is 15.7 Å². The maximum atomic E-state index is 12.4. The topological polar surface area (TPSA) is 111 Å². The Balaban J connectivity index is 0.00000456. The van der Waals surface area contributed by atoms with Crippen molar-refractivity contribution >= 4 is 11.8 Å². The molecule has 7 nitrogen and oxygen atoms in total. The molecular weight excluding hydrogens is 454 g/mol. The molecule has 1 fully saturated rings. The Morgan fingerprint density at radius 2 is 1.44 bits per heavy atom. The Bertz CT molecular complexity index is 1020. The molecule has 0 radical (unpaired) electrons. The van der Waals surface area contributed by atoms with E-state index < -0.39 is 24.0 Å². The number of rotatable bonds is 7. The van der Waals surface area contributed by atoms with Crippen LogP contribution < -0.4 is 16.1 Å². The van der Waals surface area contributed by atoms with E-state index in [0.29, 0.717) is 11.6 Å². The molecule has 0 heterocycles. The minimum Gasteiger partial charge on any atom is -0.391 e. The molecule has 5 N–H and O–H groups in total. The zero-order valence-corrected chi connectivity index (χ0v) is 20.2. The summed E-state index contributed by atoms with van der Waals surface area (Å²) in [6, 6.07) is 14.2. The van der Waals surface area contributed by atoms with Crippen LogP contribution in [0.1, 0.15) is 86.3 Å². The monoisotopic (exact) mass is 493 g/mol. The van der Waals surface area contributed by atoms with Crippen molar-refractivity contribution in [3.8, 4) is 11.8 Å². The molecule has 0 saturated heterocycles. The average Bonchev–Trinajstić information content (AvgIpc) is 2.85. The molecule has 0 spiro atoms. The zero-order valence-electron chi connectivity index (χ0n) is 20.2. The van der Waals surface area contributed by atoms with Crippen LogP contribution in [0.5, 0.6) is 0 Å². The van der Waals surface area contributed by atoms with Crippen LogP contribution in [0.25, 0.3) is 0 Å². The number of hydrogen-bond donors (Lipinski definition) is 5. The van der Waals surface area contributed by atoms with Gasteiger partial charge in [0.2, 0.25) is 0 Å². The normalized spacial score (nSPS) is 15.6. The number of hydroxylamine groups is 1. The quantitative estimate of drug-likeness (QED) is 0.228. The van der Waals surface area contributed by atoms with Crippen molar-refractivity contribution in [2.24, 2.45) is 0 Å². The van der Waals surface area contributed by atoms with Gasteiger partial charge in [0.15, 0.2) is 0 Å². The molecule has 2 aromatic rings. The Morgan fingerprint density at radius 1 is 0.917 bits per heavy atom. The molecule has 2 amide bonds. The second-order valence-electron chi connectivity index (χ2n) is 9.12. The van der Waals surface area contributed by atoms with Gasteiger partial charge in [-0.25, -0.2) is 5.48 Å². The van der Waals surface area contributed by atoms with Crippen LogP contribution in [0, 0.1) is 11.8 Å². The number of aliphatic hydroxyl groups is 1. The van der Waals surface area contributed by atoms with Crippen molar-refractivity contribution in [1.29, 1.82) is 0 Å². The molecule has 3 rings (SSSR count). The summed E-state index contributed by atoms with van der Waals surface area (Å²) in [6.07, 6.45) is 8.10. The van der Waals surface area contributed by atoms with Crippen molar-refractivity contribution in [2.45, 2.75) is 84.0 Å². The molecule has 0 aromatic heterocycles. The summed E-state index contributed by atoms with van der Waals surface area (Å²) in [4.78, 5) is 24.0. The molecular formula is C29H39N3O4. The van der Waals surface area contributed by atoms with Crippen LogP contribution in [-0.2, 0) is 11.3 Å². The third-order valence-corrected chi connectivity index (χ3v) is 6.31.